The SMILES string of the molecule is CCOC(=O)[C@@H](C#N)C(=O)c1ccco1. The maximum Gasteiger partial charge on any atom is 0.331 e. The van der Waals surface area contributed by atoms with Gasteiger partial charge in [-0.15, -0.1) is 0 Å². The second-order valence-electron chi connectivity index (χ2n) is 2.66. The van der Waals surface area contributed by atoms with Crippen LogP contribution in [0.25, 0.3) is 0 Å². The van der Waals surface area contributed by atoms with Crippen molar-refractivity contribution in [1.82, 2.24) is 0 Å². The van der Waals surface area contributed by atoms with E-state index >= 15 is 0 Å². The van der Waals surface area contributed by atoms with Crippen LogP contribution in [0.2, 0.25) is 0 Å². The van der Waals surface area contributed by atoms with E-state index in [0.29, 0.717) is 0 Å². The Morgan fingerprint density at radius 1 is 1.67 bits per heavy atom. The van der Waals surface area contributed by atoms with E-state index in [9.17, 15) is 9.59 Å². The van der Waals surface area contributed by atoms with Crippen molar-refractivity contribution in [3.05, 3.63) is 24.2 Å². The fourth-order valence-electron chi connectivity index (χ4n) is 1.00. The molecule has 0 radical (unpaired) electrons. The van der Waals surface area contributed by atoms with Crippen LogP contribution in [0.1, 0.15) is 17.5 Å². The molecule has 0 saturated heterocycles. The Bertz CT molecular complexity index is 388. The number of nitriles is 1. The maximum atomic E-state index is 11.5. The molecule has 78 valence electrons. The first-order valence-corrected chi connectivity index (χ1v) is 4.34. The monoisotopic (exact) mass is 207 g/mol. The summed E-state index contributed by atoms with van der Waals surface area (Å²) in [6.45, 7) is 1.73. The molecule has 1 heterocycles. The molecule has 1 aromatic rings. The van der Waals surface area contributed by atoms with Crippen LogP contribution in [-0.4, -0.2) is 18.4 Å². The Morgan fingerprint density at radius 2 is 2.40 bits per heavy atom. The second-order valence-corrected chi connectivity index (χ2v) is 2.66. The van der Waals surface area contributed by atoms with Gasteiger partial charge in [0.05, 0.1) is 18.9 Å². The third-order valence-corrected chi connectivity index (χ3v) is 1.68. The van der Waals surface area contributed by atoms with Gasteiger partial charge in [-0.1, -0.05) is 0 Å². The number of Topliss-reactive ketones (excluding diaryl/α,β-unsaturated/α-hetero) is 1. The number of hydrogen-bond acceptors (Lipinski definition) is 5. The molecule has 0 bridgehead atoms. The van der Waals surface area contributed by atoms with Crippen molar-refractivity contribution in [2.75, 3.05) is 6.61 Å². The normalized spacial score (nSPS) is 11.5. The largest absolute Gasteiger partial charge is 0.465 e. The van der Waals surface area contributed by atoms with Crippen molar-refractivity contribution in [2.45, 2.75) is 6.92 Å². The number of carbonyl (C=O) groups excluding carboxylic acids is 2. The van der Waals surface area contributed by atoms with Crippen molar-refractivity contribution in [3.63, 3.8) is 0 Å². The van der Waals surface area contributed by atoms with Gasteiger partial charge in [0, 0.05) is 0 Å². The predicted octanol–water partition coefficient (Wildman–Crippen LogP) is 1.17. The maximum absolute atomic E-state index is 11.5. The number of furan rings is 1. The Labute approximate surface area is 86.2 Å². The smallest absolute Gasteiger partial charge is 0.331 e. The lowest BCUT2D eigenvalue weighted by atomic mass is 10.0. The highest BCUT2D eigenvalue weighted by Gasteiger charge is 2.30. The number of ether oxygens (including phenoxy) is 1. The number of hydrogen-bond donors (Lipinski definition) is 0. The van der Waals surface area contributed by atoms with E-state index in [0.717, 1.165) is 0 Å². The van der Waals surface area contributed by atoms with Crippen LogP contribution in [0, 0.1) is 17.2 Å². The lowest BCUT2D eigenvalue weighted by molar-refractivity contribution is -0.144. The zero-order valence-electron chi connectivity index (χ0n) is 8.10. The molecule has 1 rings (SSSR count). The van der Waals surface area contributed by atoms with Crippen molar-refractivity contribution in [1.29, 1.82) is 5.26 Å². The van der Waals surface area contributed by atoms with Crippen molar-refractivity contribution < 1.29 is 18.7 Å². The van der Waals surface area contributed by atoms with E-state index < -0.39 is 17.7 Å². The molecule has 0 N–H and O–H groups in total. The molecule has 0 unspecified atom stereocenters. The molecular weight excluding hydrogens is 198 g/mol. The molecule has 1 atom stereocenters. The highest BCUT2D eigenvalue weighted by atomic mass is 16.5. The zero-order valence-corrected chi connectivity index (χ0v) is 8.10. The highest BCUT2D eigenvalue weighted by molar-refractivity contribution is 6.09. The summed E-state index contributed by atoms with van der Waals surface area (Å²) >= 11 is 0. The van der Waals surface area contributed by atoms with E-state index in [4.69, 9.17) is 9.68 Å². The Hall–Kier alpha value is -2.09. The number of carbonyl (C=O) groups is 2. The fraction of sp³-hybridized carbons (Fsp3) is 0.300. The van der Waals surface area contributed by atoms with E-state index in [-0.39, 0.29) is 12.4 Å². The number of nitrogens with zero attached hydrogens (tertiary/aromatic N) is 1. The van der Waals surface area contributed by atoms with Gasteiger partial charge in [-0.3, -0.25) is 9.59 Å². The summed E-state index contributed by atoms with van der Waals surface area (Å²) in [6.07, 6.45) is 1.30. The summed E-state index contributed by atoms with van der Waals surface area (Å²) in [5.74, 6) is -2.99. The van der Waals surface area contributed by atoms with Crippen LogP contribution >= 0.6 is 0 Å². The minimum atomic E-state index is -1.45. The molecule has 0 spiro atoms. The fourth-order valence-corrected chi connectivity index (χ4v) is 1.00. The first kappa shape index (κ1) is 11.0. The van der Waals surface area contributed by atoms with Crippen LogP contribution in [0.15, 0.2) is 22.8 Å². The second kappa shape index (κ2) is 4.96. The summed E-state index contributed by atoms with van der Waals surface area (Å²) in [5, 5.41) is 8.68. The molecule has 0 aromatic carbocycles. The first-order valence-electron chi connectivity index (χ1n) is 4.34. The Balaban J connectivity index is 2.81. The predicted molar refractivity (Wildman–Crippen MR) is 48.8 cm³/mol. The molecule has 5 heteroatoms. The molecular formula is C10H9NO4. The van der Waals surface area contributed by atoms with Crippen molar-refractivity contribution in [2.24, 2.45) is 5.92 Å². The molecule has 0 aliphatic rings. The molecule has 1 aromatic heterocycles. The van der Waals surface area contributed by atoms with Gasteiger partial charge in [0.25, 0.3) is 0 Å². The zero-order chi connectivity index (χ0) is 11.3. The van der Waals surface area contributed by atoms with Crippen molar-refractivity contribution in [3.8, 4) is 6.07 Å². The Kier molecular flexibility index (Phi) is 3.63. The van der Waals surface area contributed by atoms with Gasteiger partial charge in [0.2, 0.25) is 11.7 Å². The summed E-state index contributed by atoms with van der Waals surface area (Å²) in [6, 6.07) is 4.49. The van der Waals surface area contributed by atoms with Gasteiger partial charge in [0.1, 0.15) is 0 Å². The van der Waals surface area contributed by atoms with E-state index in [1.165, 1.54) is 18.4 Å². The van der Waals surface area contributed by atoms with Gasteiger partial charge in [0.15, 0.2) is 5.76 Å². The van der Waals surface area contributed by atoms with E-state index in [2.05, 4.69) is 4.74 Å². The van der Waals surface area contributed by atoms with Gasteiger partial charge in [-0.2, -0.15) is 5.26 Å². The first-order chi connectivity index (χ1) is 7.20. The number of ketones is 1. The lowest BCUT2D eigenvalue weighted by Gasteiger charge is -2.04. The molecule has 0 fully saturated rings. The van der Waals surface area contributed by atoms with Crippen LogP contribution in [0.4, 0.5) is 0 Å². The minimum absolute atomic E-state index is 0.0189. The number of rotatable bonds is 4. The summed E-state index contributed by atoms with van der Waals surface area (Å²) in [5.41, 5.74) is 0. The minimum Gasteiger partial charge on any atom is -0.465 e. The third-order valence-electron chi connectivity index (χ3n) is 1.68. The van der Waals surface area contributed by atoms with E-state index in [1.807, 2.05) is 0 Å². The Morgan fingerprint density at radius 3 is 2.87 bits per heavy atom. The van der Waals surface area contributed by atoms with Crippen LogP contribution < -0.4 is 0 Å². The molecule has 0 saturated carbocycles. The van der Waals surface area contributed by atoms with Crippen LogP contribution in [-0.2, 0) is 9.53 Å². The summed E-state index contributed by atoms with van der Waals surface area (Å²) in [4.78, 5) is 22.7. The third kappa shape index (κ3) is 2.44. The average Bonchev–Trinajstić information content (AvgIpc) is 2.71. The standard InChI is InChI=1S/C10H9NO4/c1-2-14-10(13)7(6-11)9(12)8-4-3-5-15-8/h3-5,7H,2H2,1H3/t7-/m0/s1. The summed E-state index contributed by atoms with van der Waals surface area (Å²) in [7, 11) is 0. The average molecular weight is 207 g/mol. The molecule has 5 nitrogen and oxygen atoms in total. The number of esters is 1. The molecule has 15 heavy (non-hydrogen) atoms. The molecule has 0 amide bonds. The van der Waals surface area contributed by atoms with Gasteiger partial charge in [-0.05, 0) is 19.1 Å². The summed E-state index contributed by atoms with van der Waals surface area (Å²) < 4.78 is 9.39. The van der Waals surface area contributed by atoms with Gasteiger partial charge in [-0.25, -0.2) is 0 Å². The van der Waals surface area contributed by atoms with Gasteiger partial charge < -0.3 is 9.15 Å². The van der Waals surface area contributed by atoms with Crippen molar-refractivity contribution >= 4 is 11.8 Å². The molecule has 0 aliphatic heterocycles. The highest BCUT2D eigenvalue weighted by Crippen LogP contribution is 2.10. The molecule has 0 aliphatic carbocycles. The quantitative estimate of drug-likeness (QED) is 0.420. The van der Waals surface area contributed by atoms with E-state index in [1.54, 1.807) is 13.0 Å². The van der Waals surface area contributed by atoms with Crippen LogP contribution in [0.5, 0.6) is 0 Å². The lowest BCUT2D eigenvalue weighted by Crippen LogP contribution is -2.24. The topological polar surface area (TPSA) is 80.3 Å². The van der Waals surface area contributed by atoms with Crippen LogP contribution in [0.3, 0.4) is 0 Å². The van der Waals surface area contributed by atoms with Gasteiger partial charge >= 0.3 is 5.97 Å².